The number of carbonyl (C=O) groups is 1. The van der Waals surface area contributed by atoms with E-state index in [0.717, 1.165) is 11.4 Å². The normalized spacial score (nSPS) is 10.3. The van der Waals surface area contributed by atoms with Crippen LogP contribution in [0.4, 0.5) is 11.5 Å². The smallest absolute Gasteiger partial charge is 0.272 e. The molecule has 6 nitrogen and oxygen atoms in total. The summed E-state index contributed by atoms with van der Waals surface area (Å²) in [4.78, 5) is 18.0. The van der Waals surface area contributed by atoms with E-state index < -0.39 is 0 Å². The van der Waals surface area contributed by atoms with Crippen molar-refractivity contribution < 1.29 is 9.32 Å². The number of nitrogens with zero attached hydrogens (tertiary/aromatic N) is 3. The highest BCUT2D eigenvalue weighted by atomic mass is 16.5. The molecule has 0 aromatic carbocycles. The Labute approximate surface area is 117 Å². The monoisotopic (exact) mass is 274 g/mol. The number of nitrogens with one attached hydrogen (secondary N) is 1. The highest BCUT2D eigenvalue weighted by Gasteiger charge is 2.13. The van der Waals surface area contributed by atoms with E-state index in [-0.39, 0.29) is 5.91 Å². The third-order valence-corrected chi connectivity index (χ3v) is 2.93. The highest BCUT2D eigenvalue weighted by Crippen LogP contribution is 2.15. The number of aromatic nitrogens is 2. The zero-order valence-corrected chi connectivity index (χ0v) is 11.9. The molecule has 0 spiro atoms. The Hall–Kier alpha value is -2.37. The van der Waals surface area contributed by atoms with Gasteiger partial charge in [0.25, 0.3) is 5.91 Å². The average Bonchev–Trinajstić information content (AvgIpc) is 2.86. The first-order valence-electron chi connectivity index (χ1n) is 6.59. The Morgan fingerprint density at radius 1 is 1.35 bits per heavy atom. The van der Waals surface area contributed by atoms with Gasteiger partial charge in [0.1, 0.15) is 11.5 Å². The SMILES string of the molecule is CCN(CC)C(=O)c1ccc(Nc2cc(C)on2)cn1. The van der Waals surface area contributed by atoms with E-state index in [4.69, 9.17) is 4.52 Å². The summed E-state index contributed by atoms with van der Waals surface area (Å²) < 4.78 is 4.97. The van der Waals surface area contributed by atoms with Crippen LogP contribution in [0.2, 0.25) is 0 Å². The largest absolute Gasteiger partial charge is 0.360 e. The van der Waals surface area contributed by atoms with Crippen LogP contribution in [0.5, 0.6) is 0 Å². The maximum absolute atomic E-state index is 12.1. The molecule has 20 heavy (non-hydrogen) atoms. The molecule has 0 saturated carbocycles. The first-order valence-corrected chi connectivity index (χ1v) is 6.59. The molecular formula is C14H18N4O2. The number of rotatable bonds is 5. The predicted octanol–water partition coefficient (Wildman–Crippen LogP) is 2.60. The van der Waals surface area contributed by atoms with Crippen LogP contribution < -0.4 is 5.32 Å². The topological polar surface area (TPSA) is 71.3 Å². The van der Waals surface area contributed by atoms with Crippen molar-refractivity contribution in [2.45, 2.75) is 20.8 Å². The molecule has 0 aliphatic heterocycles. The van der Waals surface area contributed by atoms with E-state index in [1.807, 2.05) is 20.8 Å². The van der Waals surface area contributed by atoms with Crippen LogP contribution >= 0.6 is 0 Å². The van der Waals surface area contributed by atoms with Crippen LogP contribution in [-0.4, -0.2) is 34.0 Å². The van der Waals surface area contributed by atoms with Gasteiger partial charge in [-0.05, 0) is 32.9 Å². The fourth-order valence-corrected chi connectivity index (χ4v) is 1.84. The molecule has 0 radical (unpaired) electrons. The van der Waals surface area contributed by atoms with Crippen LogP contribution in [0.3, 0.4) is 0 Å². The molecule has 1 N–H and O–H groups in total. The van der Waals surface area contributed by atoms with E-state index in [2.05, 4.69) is 15.5 Å². The van der Waals surface area contributed by atoms with E-state index >= 15 is 0 Å². The highest BCUT2D eigenvalue weighted by molar-refractivity contribution is 5.92. The predicted molar refractivity (Wildman–Crippen MR) is 76.0 cm³/mol. The molecule has 2 aromatic heterocycles. The lowest BCUT2D eigenvalue weighted by Crippen LogP contribution is -2.31. The summed E-state index contributed by atoms with van der Waals surface area (Å²) in [6, 6.07) is 5.29. The fraction of sp³-hybridized carbons (Fsp3) is 0.357. The molecule has 2 aromatic rings. The number of hydrogen-bond acceptors (Lipinski definition) is 5. The van der Waals surface area contributed by atoms with Crippen molar-refractivity contribution >= 4 is 17.4 Å². The zero-order chi connectivity index (χ0) is 14.5. The van der Waals surface area contributed by atoms with Gasteiger partial charge in [-0.2, -0.15) is 0 Å². The first-order chi connectivity index (χ1) is 9.63. The van der Waals surface area contributed by atoms with Crippen LogP contribution in [0.25, 0.3) is 0 Å². The van der Waals surface area contributed by atoms with E-state index in [1.54, 1.807) is 29.3 Å². The summed E-state index contributed by atoms with van der Waals surface area (Å²) >= 11 is 0. The summed E-state index contributed by atoms with van der Waals surface area (Å²) in [5.74, 6) is 1.29. The van der Waals surface area contributed by atoms with Gasteiger partial charge in [-0.15, -0.1) is 0 Å². The molecule has 0 unspecified atom stereocenters. The molecular weight excluding hydrogens is 256 g/mol. The maximum Gasteiger partial charge on any atom is 0.272 e. The Balaban J connectivity index is 2.08. The summed E-state index contributed by atoms with van der Waals surface area (Å²) in [6.07, 6.45) is 1.61. The Morgan fingerprint density at radius 2 is 2.10 bits per heavy atom. The van der Waals surface area contributed by atoms with Gasteiger partial charge < -0.3 is 14.7 Å². The van der Waals surface area contributed by atoms with Crippen molar-refractivity contribution in [2.24, 2.45) is 0 Å². The fourth-order valence-electron chi connectivity index (χ4n) is 1.84. The Morgan fingerprint density at radius 3 is 2.60 bits per heavy atom. The third-order valence-electron chi connectivity index (χ3n) is 2.93. The lowest BCUT2D eigenvalue weighted by Gasteiger charge is -2.17. The molecule has 0 bridgehead atoms. The summed E-state index contributed by atoms with van der Waals surface area (Å²) in [7, 11) is 0. The maximum atomic E-state index is 12.1. The number of anilines is 2. The number of amides is 1. The van der Waals surface area contributed by atoms with E-state index in [0.29, 0.717) is 24.6 Å². The van der Waals surface area contributed by atoms with E-state index in [9.17, 15) is 4.79 Å². The first kappa shape index (κ1) is 14.0. The number of carbonyl (C=O) groups excluding carboxylic acids is 1. The standard InChI is InChI=1S/C14H18N4O2/c1-4-18(5-2)14(19)12-7-6-11(9-15-12)16-13-8-10(3)20-17-13/h6-9H,4-5H2,1-3H3,(H,16,17). The lowest BCUT2D eigenvalue weighted by molar-refractivity contribution is 0.0767. The van der Waals surface area contributed by atoms with Gasteiger partial charge >= 0.3 is 0 Å². The van der Waals surface area contributed by atoms with Crippen LogP contribution in [0, 0.1) is 6.92 Å². The van der Waals surface area contributed by atoms with Gasteiger partial charge in [-0.3, -0.25) is 4.79 Å². The average molecular weight is 274 g/mol. The minimum Gasteiger partial charge on any atom is -0.360 e. The molecule has 0 fully saturated rings. The summed E-state index contributed by atoms with van der Waals surface area (Å²) in [5.41, 5.74) is 1.20. The van der Waals surface area contributed by atoms with Gasteiger partial charge in [0, 0.05) is 19.2 Å². The van der Waals surface area contributed by atoms with Crippen molar-refractivity contribution in [3.05, 3.63) is 35.9 Å². The second-order valence-corrected chi connectivity index (χ2v) is 4.36. The molecule has 2 rings (SSSR count). The summed E-state index contributed by atoms with van der Waals surface area (Å²) in [5, 5.41) is 6.89. The van der Waals surface area contributed by atoms with Crippen molar-refractivity contribution in [3.8, 4) is 0 Å². The molecule has 2 heterocycles. The molecule has 0 aliphatic rings. The van der Waals surface area contributed by atoms with Gasteiger partial charge in [0.05, 0.1) is 11.9 Å². The van der Waals surface area contributed by atoms with Crippen LogP contribution in [-0.2, 0) is 0 Å². The Bertz CT molecular complexity index is 573. The van der Waals surface area contributed by atoms with Gasteiger partial charge in [0.15, 0.2) is 5.82 Å². The van der Waals surface area contributed by atoms with Gasteiger partial charge in [-0.1, -0.05) is 5.16 Å². The summed E-state index contributed by atoms with van der Waals surface area (Å²) in [6.45, 7) is 7.07. The number of hydrogen-bond donors (Lipinski definition) is 1. The molecule has 0 atom stereocenters. The van der Waals surface area contributed by atoms with Gasteiger partial charge in [-0.25, -0.2) is 4.98 Å². The number of aryl methyl sites for hydroxylation is 1. The van der Waals surface area contributed by atoms with Crippen molar-refractivity contribution in [1.29, 1.82) is 0 Å². The Kier molecular flexibility index (Phi) is 4.34. The van der Waals surface area contributed by atoms with Crippen LogP contribution in [0.15, 0.2) is 28.9 Å². The zero-order valence-electron chi connectivity index (χ0n) is 11.9. The molecule has 1 amide bonds. The quantitative estimate of drug-likeness (QED) is 0.907. The minimum absolute atomic E-state index is 0.0566. The van der Waals surface area contributed by atoms with Crippen LogP contribution in [0.1, 0.15) is 30.1 Å². The molecule has 106 valence electrons. The second kappa shape index (κ2) is 6.18. The molecule has 0 saturated heterocycles. The number of pyridine rings is 1. The lowest BCUT2D eigenvalue weighted by atomic mass is 10.3. The van der Waals surface area contributed by atoms with Crippen molar-refractivity contribution in [2.75, 3.05) is 18.4 Å². The van der Waals surface area contributed by atoms with E-state index in [1.165, 1.54) is 0 Å². The third kappa shape index (κ3) is 3.14. The minimum atomic E-state index is -0.0566. The molecule has 6 heteroatoms. The van der Waals surface area contributed by atoms with Crippen molar-refractivity contribution in [3.63, 3.8) is 0 Å². The molecule has 0 aliphatic carbocycles. The van der Waals surface area contributed by atoms with Gasteiger partial charge in [0.2, 0.25) is 0 Å². The van der Waals surface area contributed by atoms with Crippen molar-refractivity contribution in [1.82, 2.24) is 15.0 Å². The second-order valence-electron chi connectivity index (χ2n) is 4.36.